The van der Waals surface area contributed by atoms with E-state index < -0.39 is 0 Å². The van der Waals surface area contributed by atoms with E-state index in [2.05, 4.69) is 22.0 Å². The topological polar surface area (TPSA) is 49.6 Å². The SMILES string of the molecule is Cc1nc(C)c(CC(=O)N2CCN(c3ccccc3)CC2)o1. The van der Waals surface area contributed by atoms with Gasteiger partial charge >= 0.3 is 0 Å². The molecule has 5 heteroatoms. The van der Waals surface area contributed by atoms with Crippen LogP contribution in [0.25, 0.3) is 0 Å². The zero-order valence-corrected chi connectivity index (χ0v) is 13.1. The molecular weight excluding hydrogens is 278 g/mol. The second kappa shape index (κ2) is 6.22. The second-order valence-corrected chi connectivity index (χ2v) is 5.62. The molecule has 3 rings (SSSR count). The largest absolute Gasteiger partial charge is 0.445 e. The first-order valence-electron chi connectivity index (χ1n) is 7.64. The van der Waals surface area contributed by atoms with Gasteiger partial charge in [-0.2, -0.15) is 0 Å². The van der Waals surface area contributed by atoms with Gasteiger partial charge in [-0.15, -0.1) is 0 Å². The number of nitrogens with zero attached hydrogens (tertiary/aromatic N) is 3. The highest BCUT2D eigenvalue weighted by Crippen LogP contribution is 2.17. The number of aromatic nitrogens is 1. The van der Waals surface area contributed by atoms with Crippen molar-refractivity contribution in [3.05, 3.63) is 47.7 Å². The van der Waals surface area contributed by atoms with Crippen molar-refractivity contribution in [1.82, 2.24) is 9.88 Å². The van der Waals surface area contributed by atoms with Crippen molar-refractivity contribution in [2.45, 2.75) is 20.3 Å². The molecule has 5 nitrogen and oxygen atoms in total. The number of benzene rings is 1. The summed E-state index contributed by atoms with van der Waals surface area (Å²) in [6.45, 7) is 6.92. The quantitative estimate of drug-likeness (QED) is 0.871. The van der Waals surface area contributed by atoms with Crippen molar-refractivity contribution in [2.24, 2.45) is 0 Å². The number of para-hydroxylation sites is 1. The van der Waals surface area contributed by atoms with E-state index in [1.54, 1.807) is 6.92 Å². The Morgan fingerprint density at radius 3 is 2.41 bits per heavy atom. The Kier molecular flexibility index (Phi) is 4.13. The van der Waals surface area contributed by atoms with Crippen LogP contribution in [-0.4, -0.2) is 42.0 Å². The van der Waals surface area contributed by atoms with Crippen LogP contribution in [0.3, 0.4) is 0 Å². The zero-order chi connectivity index (χ0) is 15.5. The third-order valence-electron chi connectivity index (χ3n) is 4.07. The molecule has 1 amide bonds. The fourth-order valence-corrected chi connectivity index (χ4v) is 2.84. The van der Waals surface area contributed by atoms with Crippen LogP contribution in [0.1, 0.15) is 17.3 Å². The first-order valence-corrected chi connectivity index (χ1v) is 7.64. The Hall–Kier alpha value is -2.30. The van der Waals surface area contributed by atoms with Gasteiger partial charge in [0.1, 0.15) is 5.76 Å². The standard InChI is InChI=1S/C17H21N3O2/c1-13-16(22-14(2)18-13)12-17(21)20-10-8-19(9-11-20)15-6-4-3-5-7-15/h3-7H,8-12H2,1-2H3. The molecule has 0 radical (unpaired) electrons. The minimum atomic E-state index is 0.118. The number of rotatable bonds is 3. The maximum absolute atomic E-state index is 12.4. The summed E-state index contributed by atoms with van der Waals surface area (Å²) in [6, 6.07) is 10.3. The van der Waals surface area contributed by atoms with Gasteiger partial charge in [-0.05, 0) is 19.1 Å². The number of piperazine rings is 1. The zero-order valence-electron chi connectivity index (χ0n) is 13.1. The Labute approximate surface area is 130 Å². The van der Waals surface area contributed by atoms with Crippen LogP contribution in [0.2, 0.25) is 0 Å². The molecule has 0 spiro atoms. The van der Waals surface area contributed by atoms with Crippen molar-refractivity contribution < 1.29 is 9.21 Å². The van der Waals surface area contributed by atoms with E-state index in [-0.39, 0.29) is 5.91 Å². The summed E-state index contributed by atoms with van der Waals surface area (Å²) >= 11 is 0. The average molecular weight is 299 g/mol. The van der Waals surface area contributed by atoms with Crippen LogP contribution >= 0.6 is 0 Å². The van der Waals surface area contributed by atoms with Gasteiger partial charge in [0.2, 0.25) is 5.91 Å². The lowest BCUT2D eigenvalue weighted by Crippen LogP contribution is -2.49. The van der Waals surface area contributed by atoms with Crippen molar-refractivity contribution in [3.63, 3.8) is 0 Å². The van der Waals surface area contributed by atoms with Gasteiger partial charge in [-0.1, -0.05) is 18.2 Å². The molecule has 1 aliphatic heterocycles. The molecule has 1 fully saturated rings. The molecule has 2 aromatic rings. The molecule has 1 aromatic heterocycles. The van der Waals surface area contributed by atoms with E-state index in [0.717, 1.165) is 31.9 Å². The summed E-state index contributed by atoms with van der Waals surface area (Å²) in [6.07, 6.45) is 0.304. The third-order valence-corrected chi connectivity index (χ3v) is 4.07. The Balaban J connectivity index is 1.57. The molecule has 2 heterocycles. The molecule has 116 valence electrons. The van der Waals surface area contributed by atoms with Crippen LogP contribution in [0.4, 0.5) is 5.69 Å². The van der Waals surface area contributed by atoms with Crippen LogP contribution < -0.4 is 4.90 Å². The maximum Gasteiger partial charge on any atom is 0.230 e. The summed E-state index contributed by atoms with van der Waals surface area (Å²) in [5.74, 6) is 1.43. The van der Waals surface area contributed by atoms with Gasteiger partial charge in [-0.3, -0.25) is 4.79 Å². The Morgan fingerprint density at radius 2 is 1.82 bits per heavy atom. The molecule has 0 aliphatic carbocycles. The van der Waals surface area contributed by atoms with Gasteiger partial charge in [0.25, 0.3) is 0 Å². The summed E-state index contributed by atoms with van der Waals surface area (Å²) < 4.78 is 5.50. The molecule has 1 saturated heterocycles. The smallest absolute Gasteiger partial charge is 0.230 e. The molecule has 0 bridgehead atoms. The molecule has 0 atom stereocenters. The average Bonchev–Trinajstić information content (AvgIpc) is 2.86. The van der Waals surface area contributed by atoms with Crippen molar-refractivity contribution >= 4 is 11.6 Å². The molecule has 0 unspecified atom stereocenters. The van der Waals surface area contributed by atoms with E-state index in [4.69, 9.17) is 4.42 Å². The number of oxazole rings is 1. The van der Waals surface area contributed by atoms with Crippen LogP contribution in [0.5, 0.6) is 0 Å². The van der Waals surface area contributed by atoms with Crippen LogP contribution in [0.15, 0.2) is 34.7 Å². The van der Waals surface area contributed by atoms with Gasteiger partial charge in [0, 0.05) is 38.8 Å². The highest BCUT2D eigenvalue weighted by atomic mass is 16.4. The lowest BCUT2D eigenvalue weighted by molar-refractivity contribution is -0.131. The normalized spacial score (nSPS) is 15.2. The van der Waals surface area contributed by atoms with Crippen molar-refractivity contribution in [3.8, 4) is 0 Å². The van der Waals surface area contributed by atoms with Gasteiger partial charge in [0.15, 0.2) is 5.89 Å². The highest BCUT2D eigenvalue weighted by molar-refractivity contribution is 5.78. The first-order chi connectivity index (χ1) is 10.6. The lowest BCUT2D eigenvalue weighted by atomic mass is 10.2. The molecule has 1 aromatic carbocycles. The van der Waals surface area contributed by atoms with E-state index >= 15 is 0 Å². The summed E-state index contributed by atoms with van der Waals surface area (Å²) in [5.41, 5.74) is 2.03. The number of carbonyl (C=O) groups is 1. The lowest BCUT2D eigenvalue weighted by Gasteiger charge is -2.36. The third kappa shape index (κ3) is 3.13. The monoisotopic (exact) mass is 299 g/mol. The number of carbonyl (C=O) groups excluding carboxylic acids is 1. The van der Waals surface area contributed by atoms with Crippen LogP contribution in [0, 0.1) is 13.8 Å². The summed E-state index contributed by atoms with van der Waals surface area (Å²) in [5, 5.41) is 0. The van der Waals surface area contributed by atoms with Gasteiger partial charge < -0.3 is 14.2 Å². The van der Waals surface area contributed by atoms with Crippen molar-refractivity contribution in [2.75, 3.05) is 31.1 Å². The summed E-state index contributed by atoms with van der Waals surface area (Å²) in [4.78, 5) is 20.8. The Bertz CT molecular complexity index is 643. The Morgan fingerprint density at radius 1 is 1.14 bits per heavy atom. The van der Waals surface area contributed by atoms with E-state index in [1.807, 2.05) is 30.0 Å². The number of amides is 1. The molecule has 0 N–H and O–H groups in total. The highest BCUT2D eigenvalue weighted by Gasteiger charge is 2.23. The fourth-order valence-electron chi connectivity index (χ4n) is 2.84. The van der Waals surface area contributed by atoms with Crippen LogP contribution in [-0.2, 0) is 11.2 Å². The predicted octanol–water partition coefficient (Wildman–Crippen LogP) is 2.18. The fraction of sp³-hybridized carbons (Fsp3) is 0.412. The van der Waals surface area contributed by atoms with E-state index in [1.165, 1.54) is 5.69 Å². The molecule has 0 saturated carbocycles. The molecule has 1 aliphatic rings. The molecule has 22 heavy (non-hydrogen) atoms. The number of hydrogen-bond donors (Lipinski definition) is 0. The molecular formula is C17H21N3O2. The van der Waals surface area contributed by atoms with Gasteiger partial charge in [0.05, 0.1) is 12.1 Å². The number of anilines is 1. The maximum atomic E-state index is 12.4. The predicted molar refractivity (Wildman–Crippen MR) is 84.9 cm³/mol. The van der Waals surface area contributed by atoms with E-state index in [0.29, 0.717) is 18.1 Å². The second-order valence-electron chi connectivity index (χ2n) is 5.62. The van der Waals surface area contributed by atoms with E-state index in [9.17, 15) is 4.79 Å². The van der Waals surface area contributed by atoms with Gasteiger partial charge in [-0.25, -0.2) is 4.98 Å². The summed E-state index contributed by atoms with van der Waals surface area (Å²) in [7, 11) is 0. The number of aryl methyl sites for hydroxylation is 2. The first kappa shape index (κ1) is 14.6. The number of hydrogen-bond acceptors (Lipinski definition) is 4. The minimum Gasteiger partial charge on any atom is -0.445 e. The van der Waals surface area contributed by atoms with Crippen molar-refractivity contribution in [1.29, 1.82) is 0 Å². The minimum absolute atomic E-state index is 0.118.